The number of thiol groups is 1. The molecular formula is C15H28O4S. The van der Waals surface area contributed by atoms with Crippen LogP contribution in [0.2, 0.25) is 0 Å². The van der Waals surface area contributed by atoms with E-state index in [1.54, 1.807) is 0 Å². The van der Waals surface area contributed by atoms with Gasteiger partial charge in [0.1, 0.15) is 12.7 Å². The van der Waals surface area contributed by atoms with Crippen molar-refractivity contribution in [3.05, 3.63) is 0 Å². The quantitative estimate of drug-likeness (QED) is 0.403. The Morgan fingerprint density at radius 1 is 1.40 bits per heavy atom. The lowest BCUT2D eigenvalue weighted by atomic mass is 10.1. The molecule has 1 aliphatic heterocycles. The molecule has 1 saturated heterocycles. The summed E-state index contributed by atoms with van der Waals surface area (Å²) in [6, 6.07) is 0. The normalized spacial score (nSPS) is 27.5. The Morgan fingerprint density at radius 2 is 2.10 bits per heavy atom. The number of unbranched alkanes of at least 4 members (excludes halogenated alkanes) is 4. The van der Waals surface area contributed by atoms with Gasteiger partial charge in [-0.05, 0) is 20.3 Å². The second-order valence-electron chi connectivity index (χ2n) is 5.59. The molecule has 3 atom stereocenters. The number of esters is 1. The molecule has 0 amide bonds. The molecule has 0 N–H and O–H groups in total. The molecule has 0 spiro atoms. The molecule has 0 bridgehead atoms. The largest absolute Gasteiger partial charge is 0.463 e. The van der Waals surface area contributed by atoms with Crippen LogP contribution < -0.4 is 0 Å². The van der Waals surface area contributed by atoms with Crippen molar-refractivity contribution in [2.75, 3.05) is 13.2 Å². The molecule has 1 fully saturated rings. The van der Waals surface area contributed by atoms with Crippen LogP contribution in [-0.2, 0) is 19.0 Å². The van der Waals surface area contributed by atoms with Gasteiger partial charge in [-0.15, -0.1) is 0 Å². The number of carbonyl (C=O) groups is 1. The van der Waals surface area contributed by atoms with Gasteiger partial charge < -0.3 is 14.2 Å². The maximum atomic E-state index is 11.6. The van der Waals surface area contributed by atoms with Crippen molar-refractivity contribution in [1.29, 1.82) is 0 Å². The Balaban J connectivity index is 2.10. The van der Waals surface area contributed by atoms with Crippen LogP contribution in [0.3, 0.4) is 0 Å². The number of hydrogen-bond acceptors (Lipinski definition) is 5. The highest BCUT2D eigenvalue weighted by Crippen LogP contribution is 2.29. The summed E-state index contributed by atoms with van der Waals surface area (Å²) < 4.78 is 16.6. The minimum atomic E-state index is -0.680. The average Bonchev–Trinajstić information content (AvgIpc) is 2.79. The zero-order chi connectivity index (χ0) is 15.0. The Morgan fingerprint density at radius 3 is 2.70 bits per heavy atom. The van der Waals surface area contributed by atoms with Gasteiger partial charge in [-0.3, -0.25) is 4.79 Å². The van der Waals surface area contributed by atoms with Crippen LogP contribution in [0.15, 0.2) is 0 Å². The van der Waals surface area contributed by atoms with E-state index >= 15 is 0 Å². The minimum Gasteiger partial charge on any atom is -0.463 e. The first-order chi connectivity index (χ1) is 9.48. The molecule has 0 aromatic rings. The lowest BCUT2D eigenvalue weighted by Gasteiger charge is -2.26. The van der Waals surface area contributed by atoms with Crippen molar-refractivity contribution >= 4 is 18.6 Å². The fourth-order valence-corrected chi connectivity index (χ4v) is 2.22. The van der Waals surface area contributed by atoms with Gasteiger partial charge in [0.15, 0.2) is 5.79 Å². The Hall–Kier alpha value is -0.260. The van der Waals surface area contributed by atoms with E-state index < -0.39 is 5.79 Å². The molecule has 20 heavy (non-hydrogen) atoms. The van der Waals surface area contributed by atoms with Crippen LogP contribution in [0.25, 0.3) is 0 Å². The number of rotatable bonds is 9. The first kappa shape index (κ1) is 17.8. The minimum absolute atomic E-state index is 0.0261. The van der Waals surface area contributed by atoms with Crippen LogP contribution in [0.5, 0.6) is 0 Å². The molecule has 0 aliphatic carbocycles. The summed E-state index contributed by atoms with van der Waals surface area (Å²) in [5, 5.41) is -0.0261. The molecule has 0 radical (unpaired) electrons. The summed E-state index contributed by atoms with van der Waals surface area (Å²) >= 11 is 4.34. The van der Waals surface area contributed by atoms with Crippen molar-refractivity contribution in [2.24, 2.45) is 0 Å². The van der Waals surface area contributed by atoms with E-state index in [0.717, 1.165) is 12.8 Å². The number of ether oxygens (including phenoxy) is 3. The standard InChI is InChI=1S/C15H28O4S/c1-4-5-6-7-8-9-14(16)17-10-13-11-18-15(3,19-13)12(2)20/h12-13,20H,4-11H2,1-3H3. The van der Waals surface area contributed by atoms with E-state index in [9.17, 15) is 4.79 Å². The van der Waals surface area contributed by atoms with Crippen LogP contribution in [-0.4, -0.2) is 36.3 Å². The molecule has 1 heterocycles. The second kappa shape index (κ2) is 8.90. The van der Waals surface area contributed by atoms with Gasteiger partial charge in [-0.1, -0.05) is 32.6 Å². The summed E-state index contributed by atoms with van der Waals surface area (Å²) in [5.41, 5.74) is 0. The van der Waals surface area contributed by atoms with Gasteiger partial charge in [-0.2, -0.15) is 12.6 Å². The van der Waals surface area contributed by atoms with E-state index in [4.69, 9.17) is 14.2 Å². The summed E-state index contributed by atoms with van der Waals surface area (Å²) in [6.07, 6.45) is 5.97. The van der Waals surface area contributed by atoms with Gasteiger partial charge in [0.25, 0.3) is 0 Å². The van der Waals surface area contributed by atoms with E-state index in [0.29, 0.717) is 13.0 Å². The fraction of sp³-hybridized carbons (Fsp3) is 0.933. The average molecular weight is 304 g/mol. The summed E-state index contributed by atoms with van der Waals surface area (Å²) in [5.74, 6) is -0.821. The summed E-state index contributed by atoms with van der Waals surface area (Å²) in [6.45, 7) is 6.68. The third kappa shape index (κ3) is 6.02. The van der Waals surface area contributed by atoms with Gasteiger partial charge in [0.2, 0.25) is 0 Å². The predicted octanol–water partition coefficient (Wildman–Crippen LogP) is 3.34. The predicted molar refractivity (Wildman–Crippen MR) is 82.0 cm³/mol. The van der Waals surface area contributed by atoms with Gasteiger partial charge in [0, 0.05) is 6.42 Å². The number of hydrogen-bond donors (Lipinski definition) is 1. The SMILES string of the molecule is CCCCCCCC(=O)OCC1COC(C)(C(C)S)O1. The van der Waals surface area contributed by atoms with E-state index in [2.05, 4.69) is 19.6 Å². The third-order valence-corrected chi connectivity index (χ3v) is 4.10. The van der Waals surface area contributed by atoms with Gasteiger partial charge >= 0.3 is 5.97 Å². The van der Waals surface area contributed by atoms with E-state index in [1.165, 1.54) is 19.3 Å². The number of carbonyl (C=O) groups excluding carboxylic acids is 1. The molecular weight excluding hydrogens is 276 g/mol. The fourth-order valence-electron chi connectivity index (χ4n) is 2.09. The first-order valence-corrected chi connectivity index (χ1v) is 8.15. The monoisotopic (exact) mass is 304 g/mol. The first-order valence-electron chi connectivity index (χ1n) is 7.63. The van der Waals surface area contributed by atoms with Crippen LogP contribution in [0.4, 0.5) is 0 Å². The maximum Gasteiger partial charge on any atom is 0.305 e. The highest BCUT2D eigenvalue weighted by Gasteiger charge is 2.40. The highest BCUT2D eigenvalue weighted by atomic mass is 32.1. The van der Waals surface area contributed by atoms with Gasteiger partial charge in [0.05, 0.1) is 11.9 Å². The molecule has 3 unspecified atom stereocenters. The molecule has 1 rings (SSSR count). The molecule has 0 aromatic carbocycles. The van der Waals surface area contributed by atoms with Crippen molar-refractivity contribution < 1.29 is 19.0 Å². The molecule has 1 aliphatic rings. The van der Waals surface area contributed by atoms with Crippen molar-refractivity contribution in [1.82, 2.24) is 0 Å². The zero-order valence-corrected chi connectivity index (χ0v) is 13.8. The summed E-state index contributed by atoms with van der Waals surface area (Å²) in [4.78, 5) is 11.6. The lowest BCUT2D eigenvalue weighted by Crippen LogP contribution is -2.36. The van der Waals surface area contributed by atoms with E-state index in [-0.39, 0.29) is 23.9 Å². The smallest absolute Gasteiger partial charge is 0.305 e. The van der Waals surface area contributed by atoms with Crippen molar-refractivity contribution in [2.45, 2.75) is 76.4 Å². The van der Waals surface area contributed by atoms with E-state index in [1.807, 2.05) is 13.8 Å². The van der Waals surface area contributed by atoms with Crippen LogP contribution in [0.1, 0.15) is 59.3 Å². The van der Waals surface area contributed by atoms with Crippen molar-refractivity contribution in [3.8, 4) is 0 Å². The molecule has 0 aromatic heterocycles. The van der Waals surface area contributed by atoms with Crippen molar-refractivity contribution in [3.63, 3.8) is 0 Å². The van der Waals surface area contributed by atoms with Crippen LogP contribution >= 0.6 is 12.6 Å². The highest BCUT2D eigenvalue weighted by molar-refractivity contribution is 7.81. The lowest BCUT2D eigenvalue weighted by molar-refractivity contribution is -0.164. The third-order valence-electron chi connectivity index (χ3n) is 3.63. The molecule has 5 heteroatoms. The van der Waals surface area contributed by atoms with Gasteiger partial charge in [-0.25, -0.2) is 0 Å². The molecule has 118 valence electrons. The Bertz CT molecular complexity index is 296. The Labute approximate surface area is 127 Å². The summed E-state index contributed by atoms with van der Waals surface area (Å²) in [7, 11) is 0. The molecule has 4 nitrogen and oxygen atoms in total. The zero-order valence-electron chi connectivity index (χ0n) is 12.9. The Kier molecular flexibility index (Phi) is 7.92. The maximum absolute atomic E-state index is 11.6. The topological polar surface area (TPSA) is 44.8 Å². The van der Waals surface area contributed by atoms with Crippen LogP contribution in [0, 0.1) is 0 Å². The second-order valence-corrected chi connectivity index (χ2v) is 6.36. The molecule has 0 saturated carbocycles.